The van der Waals surface area contributed by atoms with E-state index in [1.165, 1.54) is 62.2 Å². The van der Waals surface area contributed by atoms with E-state index in [9.17, 15) is 0 Å². The van der Waals surface area contributed by atoms with Gasteiger partial charge in [-0.25, -0.2) is 9.97 Å². The van der Waals surface area contributed by atoms with Crippen LogP contribution < -0.4 is 0 Å². The fourth-order valence-electron chi connectivity index (χ4n) is 8.79. The molecule has 0 aliphatic heterocycles. The highest BCUT2D eigenvalue weighted by Crippen LogP contribution is 2.49. The number of nitrogens with zero attached hydrogens (tertiary/aromatic N) is 4. The van der Waals surface area contributed by atoms with Gasteiger partial charge in [0.2, 0.25) is 0 Å². The minimum Gasteiger partial charge on any atom is -0.280 e. The first-order valence-electron chi connectivity index (χ1n) is 20.0. The molecule has 2 heterocycles. The van der Waals surface area contributed by atoms with Crippen LogP contribution in [0.15, 0.2) is 174 Å². The molecule has 1 fully saturated rings. The van der Waals surface area contributed by atoms with Crippen molar-refractivity contribution in [1.29, 1.82) is 0 Å². The van der Waals surface area contributed by atoms with E-state index in [-0.39, 0.29) is 0 Å². The van der Waals surface area contributed by atoms with Gasteiger partial charge >= 0.3 is 0 Å². The van der Waals surface area contributed by atoms with E-state index >= 15 is 0 Å². The smallest absolute Gasteiger partial charge is 0.148 e. The molecule has 2 aromatic heterocycles. The van der Waals surface area contributed by atoms with E-state index < -0.39 is 0 Å². The Morgan fingerprint density at radius 1 is 0.714 bits per heavy atom. The van der Waals surface area contributed by atoms with E-state index in [0.29, 0.717) is 11.8 Å². The summed E-state index contributed by atoms with van der Waals surface area (Å²) in [5.41, 5.74) is 18.0. The third-order valence-electron chi connectivity index (χ3n) is 11.9. The number of allylic oxidation sites excluding steroid dienone is 3. The SMILES string of the molecule is CC(=NC1=C(Cc2ccccc2)C2CC2C=CC1)c1ccc(-c2ccc(C)c(-c3ccccc3CCc3nc4ccccc4c4nc5ccccc5n34)c2)cc1. The molecule has 0 N–H and O–H groups in total. The van der Waals surface area contributed by atoms with Crippen molar-refractivity contribution in [3.63, 3.8) is 0 Å². The molecule has 0 bridgehead atoms. The third-order valence-corrected chi connectivity index (χ3v) is 11.9. The Balaban J connectivity index is 0.934. The summed E-state index contributed by atoms with van der Waals surface area (Å²) < 4.78 is 2.26. The Morgan fingerprint density at radius 3 is 2.34 bits per heavy atom. The molecule has 2 unspecified atom stereocenters. The highest BCUT2D eigenvalue weighted by atomic mass is 15.1. The molecule has 6 aromatic carbocycles. The summed E-state index contributed by atoms with van der Waals surface area (Å²) in [6, 6.07) is 52.3. The number of aromatic nitrogens is 3. The van der Waals surface area contributed by atoms with Crippen LogP contribution >= 0.6 is 0 Å². The molecule has 56 heavy (non-hydrogen) atoms. The molecule has 2 aliphatic carbocycles. The number of imidazole rings is 1. The summed E-state index contributed by atoms with van der Waals surface area (Å²) in [6.45, 7) is 4.38. The topological polar surface area (TPSA) is 42.5 Å². The third kappa shape index (κ3) is 6.45. The molecule has 1 saturated carbocycles. The van der Waals surface area contributed by atoms with Gasteiger partial charge in [-0.1, -0.05) is 127 Å². The van der Waals surface area contributed by atoms with Crippen LogP contribution in [0, 0.1) is 18.8 Å². The Labute approximate surface area is 328 Å². The van der Waals surface area contributed by atoms with Gasteiger partial charge in [-0.3, -0.25) is 9.39 Å². The lowest BCUT2D eigenvalue weighted by molar-refractivity contribution is 0.852. The number of fused-ring (bicyclic) bond motifs is 6. The predicted molar refractivity (Wildman–Crippen MR) is 232 cm³/mol. The van der Waals surface area contributed by atoms with Gasteiger partial charge in [0.05, 0.1) is 16.6 Å². The number of para-hydroxylation sites is 3. The van der Waals surface area contributed by atoms with Crippen LogP contribution in [0.5, 0.6) is 0 Å². The quantitative estimate of drug-likeness (QED) is 0.110. The van der Waals surface area contributed by atoms with Crippen LogP contribution in [0.25, 0.3) is 49.8 Å². The Hall–Kier alpha value is -6.39. The van der Waals surface area contributed by atoms with Crippen molar-refractivity contribution in [3.05, 3.63) is 197 Å². The molecule has 4 nitrogen and oxygen atoms in total. The van der Waals surface area contributed by atoms with Gasteiger partial charge in [0.25, 0.3) is 0 Å². The number of benzene rings is 6. The normalized spacial score (nSPS) is 16.8. The first-order valence-corrected chi connectivity index (χ1v) is 20.0. The number of rotatable bonds is 9. The zero-order valence-electron chi connectivity index (χ0n) is 32.0. The Kier molecular flexibility index (Phi) is 8.75. The van der Waals surface area contributed by atoms with Crippen molar-refractivity contribution in [3.8, 4) is 22.3 Å². The van der Waals surface area contributed by atoms with Crippen LogP contribution in [-0.2, 0) is 19.3 Å². The lowest BCUT2D eigenvalue weighted by Crippen LogP contribution is -2.05. The summed E-state index contributed by atoms with van der Waals surface area (Å²) in [6.07, 6.45) is 9.55. The highest BCUT2D eigenvalue weighted by molar-refractivity contribution is 6.00. The molecule has 272 valence electrons. The molecule has 2 aliphatic rings. The minimum absolute atomic E-state index is 0.632. The number of hydrogen-bond acceptors (Lipinski definition) is 3. The van der Waals surface area contributed by atoms with Gasteiger partial charge in [0.15, 0.2) is 0 Å². The lowest BCUT2D eigenvalue weighted by atomic mass is 9.91. The molecule has 10 rings (SSSR count). The van der Waals surface area contributed by atoms with Crippen LogP contribution in [0.2, 0.25) is 0 Å². The monoisotopic (exact) mass is 724 g/mol. The van der Waals surface area contributed by atoms with Gasteiger partial charge in [-0.05, 0) is 125 Å². The van der Waals surface area contributed by atoms with Gasteiger partial charge in [0, 0.05) is 29.6 Å². The molecule has 0 radical (unpaired) electrons. The average Bonchev–Trinajstić information content (AvgIpc) is 3.93. The largest absolute Gasteiger partial charge is 0.280 e. The number of aliphatic imine (C=N–C) groups is 1. The summed E-state index contributed by atoms with van der Waals surface area (Å²) in [7, 11) is 0. The molecule has 0 spiro atoms. The second kappa shape index (κ2) is 14.4. The maximum atomic E-state index is 5.32. The molecule has 0 saturated heterocycles. The average molecular weight is 725 g/mol. The summed E-state index contributed by atoms with van der Waals surface area (Å²) in [5, 5.41) is 1.08. The maximum absolute atomic E-state index is 5.32. The molecule has 0 amide bonds. The van der Waals surface area contributed by atoms with Crippen LogP contribution in [0.4, 0.5) is 0 Å². The molecular weight excluding hydrogens is 681 g/mol. The second-order valence-corrected chi connectivity index (χ2v) is 15.5. The number of aryl methyl sites for hydroxylation is 3. The van der Waals surface area contributed by atoms with Gasteiger partial charge in [-0.15, -0.1) is 0 Å². The minimum atomic E-state index is 0.632. The lowest BCUT2D eigenvalue weighted by Gasteiger charge is -2.15. The fraction of sp³-hybridized carbons (Fsp3) is 0.173. The summed E-state index contributed by atoms with van der Waals surface area (Å²) in [4.78, 5) is 15.6. The van der Waals surface area contributed by atoms with Gasteiger partial charge < -0.3 is 0 Å². The van der Waals surface area contributed by atoms with Crippen molar-refractivity contribution in [2.45, 2.75) is 46.0 Å². The molecule has 4 heteroatoms. The zero-order chi connectivity index (χ0) is 37.6. The van der Waals surface area contributed by atoms with E-state index in [2.05, 4.69) is 176 Å². The van der Waals surface area contributed by atoms with Crippen LogP contribution in [-0.4, -0.2) is 20.1 Å². The van der Waals surface area contributed by atoms with Gasteiger partial charge in [-0.2, -0.15) is 0 Å². The zero-order valence-corrected chi connectivity index (χ0v) is 32.0. The second-order valence-electron chi connectivity index (χ2n) is 15.5. The fourth-order valence-corrected chi connectivity index (χ4v) is 8.79. The number of hydrogen-bond donors (Lipinski definition) is 0. The van der Waals surface area contributed by atoms with Crippen molar-refractivity contribution in [2.75, 3.05) is 0 Å². The predicted octanol–water partition coefficient (Wildman–Crippen LogP) is 12.4. The summed E-state index contributed by atoms with van der Waals surface area (Å²) in [5.74, 6) is 2.35. The van der Waals surface area contributed by atoms with E-state index in [1.54, 1.807) is 0 Å². The van der Waals surface area contributed by atoms with E-state index in [1.807, 2.05) is 0 Å². The van der Waals surface area contributed by atoms with E-state index in [0.717, 1.165) is 64.8 Å². The Morgan fingerprint density at radius 2 is 1.46 bits per heavy atom. The van der Waals surface area contributed by atoms with Gasteiger partial charge in [0.1, 0.15) is 11.5 Å². The highest BCUT2D eigenvalue weighted by Gasteiger charge is 2.40. The Bertz CT molecular complexity index is 2860. The van der Waals surface area contributed by atoms with Crippen LogP contribution in [0.3, 0.4) is 0 Å². The first-order chi connectivity index (χ1) is 27.6. The maximum Gasteiger partial charge on any atom is 0.148 e. The first kappa shape index (κ1) is 34.1. The van der Waals surface area contributed by atoms with Crippen molar-refractivity contribution in [2.24, 2.45) is 16.8 Å². The van der Waals surface area contributed by atoms with Crippen molar-refractivity contribution < 1.29 is 0 Å². The summed E-state index contributed by atoms with van der Waals surface area (Å²) >= 11 is 0. The molecule has 2 atom stereocenters. The standard InChI is InChI=1S/C52H44N4/c1-34-23-24-40(38-27-25-37(26-28-38)35(2)53-48-21-12-16-41-33-45(41)46(48)31-36-13-4-3-5-14-36)32-44(34)42-17-7-6-15-39(42)29-30-51-54-47-19-9-8-18-43(47)52-55-49-20-10-11-22-50(49)56(51)52/h3-20,22-28,32,41,45H,21,29-31,33H2,1-2H3. The van der Waals surface area contributed by atoms with Crippen LogP contribution in [0.1, 0.15) is 47.8 Å². The van der Waals surface area contributed by atoms with E-state index in [4.69, 9.17) is 15.0 Å². The molecular formula is C52H44N4. The van der Waals surface area contributed by atoms with Crippen molar-refractivity contribution in [1.82, 2.24) is 14.4 Å². The molecule has 8 aromatic rings. The van der Waals surface area contributed by atoms with Crippen molar-refractivity contribution >= 4 is 33.3 Å².